The third-order valence-electron chi connectivity index (χ3n) is 2.91. The zero-order valence-electron chi connectivity index (χ0n) is 12.2. The summed E-state index contributed by atoms with van der Waals surface area (Å²) in [4.78, 5) is 0. The van der Waals surface area contributed by atoms with E-state index in [1.165, 1.54) is 16.8 Å². The molecule has 0 fully saturated rings. The first-order valence-corrected chi connectivity index (χ1v) is 7.00. The van der Waals surface area contributed by atoms with Gasteiger partial charge in [0.15, 0.2) is 0 Å². The number of rotatable bonds is 7. The molecule has 1 aromatic carbocycles. The maximum atomic E-state index is 9.01. The summed E-state index contributed by atoms with van der Waals surface area (Å²) in [7, 11) is 0. The molecule has 0 spiro atoms. The summed E-state index contributed by atoms with van der Waals surface area (Å²) in [6.45, 7) is 9.77. The van der Waals surface area contributed by atoms with Crippen LogP contribution in [0.25, 0.3) is 0 Å². The maximum absolute atomic E-state index is 9.01. The number of anilines is 1. The van der Waals surface area contributed by atoms with Gasteiger partial charge in [0.25, 0.3) is 0 Å². The molecule has 0 amide bonds. The highest BCUT2D eigenvalue weighted by molar-refractivity contribution is 5.58. The molecule has 0 aliphatic carbocycles. The minimum atomic E-state index is 0.178. The molecule has 0 aliphatic heterocycles. The Morgan fingerprint density at radius 2 is 1.50 bits per heavy atom. The molecule has 102 valence electrons. The molecular weight excluding hydrogens is 222 g/mol. The molecular formula is C16H27NO. The number of para-hydroxylation sites is 1. The van der Waals surface area contributed by atoms with Gasteiger partial charge in [-0.1, -0.05) is 45.9 Å². The number of hydrogen-bond donors (Lipinski definition) is 2. The van der Waals surface area contributed by atoms with E-state index in [1.807, 2.05) is 0 Å². The SMILES string of the molecule is CC(C)Cc1cccc(CC(C)C)c1NCCO. The molecule has 0 aromatic heterocycles. The number of hydrogen-bond acceptors (Lipinski definition) is 2. The van der Waals surface area contributed by atoms with Crippen LogP contribution in [-0.2, 0) is 12.8 Å². The van der Waals surface area contributed by atoms with Crippen molar-refractivity contribution in [1.82, 2.24) is 0 Å². The summed E-state index contributed by atoms with van der Waals surface area (Å²) in [5.74, 6) is 1.29. The molecule has 0 aliphatic rings. The molecule has 1 aromatic rings. The summed E-state index contributed by atoms with van der Waals surface area (Å²) < 4.78 is 0. The maximum Gasteiger partial charge on any atom is 0.0604 e. The van der Waals surface area contributed by atoms with E-state index < -0.39 is 0 Å². The van der Waals surface area contributed by atoms with Crippen molar-refractivity contribution in [3.05, 3.63) is 29.3 Å². The van der Waals surface area contributed by atoms with Crippen molar-refractivity contribution in [2.45, 2.75) is 40.5 Å². The van der Waals surface area contributed by atoms with Gasteiger partial charge in [-0.25, -0.2) is 0 Å². The van der Waals surface area contributed by atoms with Crippen LogP contribution in [0, 0.1) is 11.8 Å². The minimum absolute atomic E-state index is 0.178. The van der Waals surface area contributed by atoms with E-state index in [0.717, 1.165) is 12.8 Å². The van der Waals surface area contributed by atoms with Crippen molar-refractivity contribution in [2.75, 3.05) is 18.5 Å². The van der Waals surface area contributed by atoms with Crippen LogP contribution in [0.15, 0.2) is 18.2 Å². The first-order chi connectivity index (χ1) is 8.54. The lowest BCUT2D eigenvalue weighted by Crippen LogP contribution is -2.12. The monoisotopic (exact) mass is 249 g/mol. The molecule has 0 unspecified atom stereocenters. The molecule has 2 nitrogen and oxygen atoms in total. The van der Waals surface area contributed by atoms with Gasteiger partial charge in [0, 0.05) is 12.2 Å². The topological polar surface area (TPSA) is 32.3 Å². The van der Waals surface area contributed by atoms with Crippen LogP contribution in [0.2, 0.25) is 0 Å². The summed E-state index contributed by atoms with van der Waals surface area (Å²) in [6.07, 6.45) is 2.17. The second-order valence-electron chi connectivity index (χ2n) is 5.80. The average Bonchev–Trinajstić information content (AvgIpc) is 2.26. The van der Waals surface area contributed by atoms with Crippen molar-refractivity contribution >= 4 is 5.69 Å². The summed E-state index contributed by atoms with van der Waals surface area (Å²) in [5, 5.41) is 12.4. The van der Waals surface area contributed by atoms with Crippen molar-refractivity contribution in [3.8, 4) is 0 Å². The molecule has 0 atom stereocenters. The highest BCUT2D eigenvalue weighted by atomic mass is 16.3. The highest BCUT2D eigenvalue weighted by Gasteiger charge is 2.10. The van der Waals surface area contributed by atoms with Gasteiger partial charge >= 0.3 is 0 Å². The number of nitrogens with one attached hydrogen (secondary N) is 1. The predicted molar refractivity (Wildman–Crippen MR) is 79.1 cm³/mol. The van der Waals surface area contributed by atoms with Gasteiger partial charge in [0.1, 0.15) is 0 Å². The number of benzene rings is 1. The molecule has 2 heteroatoms. The second kappa shape index (κ2) is 7.42. The molecule has 0 saturated carbocycles. The number of aliphatic hydroxyl groups excluding tert-OH is 1. The fraction of sp³-hybridized carbons (Fsp3) is 0.625. The van der Waals surface area contributed by atoms with Crippen molar-refractivity contribution in [1.29, 1.82) is 0 Å². The first-order valence-electron chi connectivity index (χ1n) is 7.00. The predicted octanol–water partition coefficient (Wildman–Crippen LogP) is 3.49. The smallest absolute Gasteiger partial charge is 0.0604 e. The Labute approximate surface area is 111 Å². The fourth-order valence-corrected chi connectivity index (χ4v) is 2.28. The first kappa shape index (κ1) is 15.0. The standard InChI is InChI=1S/C16H27NO/c1-12(2)10-14-6-5-7-15(11-13(3)4)16(14)17-8-9-18/h5-7,12-13,17-18H,8-11H2,1-4H3. The fourth-order valence-electron chi connectivity index (χ4n) is 2.28. The molecule has 1 rings (SSSR count). The van der Waals surface area contributed by atoms with Crippen LogP contribution in [0.4, 0.5) is 5.69 Å². The van der Waals surface area contributed by atoms with Crippen LogP contribution >= 0.6 is 0 Å². The Morgan fingerprint density at radius 3 is 1.89 bits per heavy atom. The molecule has 0 radical (unpaired) electrons. The summed E-state index contributed by atoms with van der Waals surface area (Å²) in [5.41, 5.74) is 3.99. The Bertz CT molecular complexity index is 330. The van der Waals surface area contributed by atoms with Crippen LogP contribution in [0.3, 0.4) is 0 Å². The van der Waals surface area contributed by atoms with Crippen LogP contribution in [0.1, 0.15) is 38.8 Å². The normalized spacial score (nSPS) is 11.3. The second-order valence-corrected chi connectivity index (χ2v) is 5.80. The quantitative estimate of drug-likeness (QED) is 0.775. The lowest BCUT2D eigenvalue weighted by Gasteiger charge is -2.18. The molecule has 0 heterocycles. The van der Waals surface area contributed by atoms with Gasteiger partial charge in [-0.2, -0.15) is 0 Å². The van der Waals surface area contributed by atoms with E-state index in [2.05, 4.69) is 51.2 Å². The van der Waals surface area contributed by atoms with E-state index in [9.17, 15) is 0 Å². The number of aliphatic hydroxyl groups is 1. The Balaban J connectivity index is 3.00. The summed E-state index contributed by atoms with van der Waals surface area (Å²) >= 11 is 0. The van der Waals surface area contributed by atoms with Gasteiger partial charge in [-0.15, -0.1) is 0 Å². The van der Waals surface area contributed by atoms with Crippen LogP contribution in [-0.4, -0.2) is 18.3 Å². The van der Waals surface area contributed by atoms with Crippen molar-refractivity contribution < 1.29 is 5.11 Å². The lowest BCUT2D eigenvalue weighted by atomic mass is 9.94. The van der Waals surface area contributed by atoms with Gasteiger partial charge in [0.05, 0.1) is 6.61 Å². The molecule has 0 bridgehead atoms. The lowest BCUT2D eigenvalue weighted by molar-refractivity contribution is 0.311. The van der Waals surface area contributed by atoms with E-state index in [-0.39, 0.29) is 6.61 Å². The Hall–Kier alpha value is -1.02. The zero-order chi connectivity index (χ0) is 13.5. The van der Waals surface area contributed by atoms with E-state index >= 15 is 0 Å². The molecule has 18 heavy (non-hydrogen) atoms. The van der Waals surface area contributed by atoms with Crippen molar-refractivity contribution in [2.24, 2.45) is 11.8 Å². The zero-order valence-corrected chi connectivity index (χ0v) is 12.2. The van der Waals surface area contributed by atoms with Gasteiger partial charge < -0.3 is 10.4 Å². The Morgan fingerprint density at radius 1 is 1.00 bits per heavy atom. The molecule has 0 saturated heterocycles. The molecule has 2 N–H and O–H groups in total. The highest BCUT2D eigenvalue weighted by Crippen LogP contribution is 2.26. The van der Waals surface area contributed by atoms with E-state index in [4.69, 9.17) is 5.11 Å². The van der Waals surface area contributed by atoms with Crippen LogP contribution in [0.5, 0.6) is 0 Å². The third kappa shape index (κ3) is 4.69. The largest absolute Gasteiger partial charge is 0.395 e. The minimum Gasteiger partial charge on any atom is -0.395 e. The van der Waals surface area contributed by atoms with Crippen LogP contribution < -0.4 is 5.32 Å². The van der Waals surface area contributed by atoms with E-state index in [0.29, 0.717) is 18.4 Å². The average molecular weight is 249 g/mol. The van der Waals surface area contributed by atoms with Gasteiger partial charge in [-0.05, 0) is 35.8 Å². The third-order valence-corrected chi connectivity index (χ3v) is 2.91. The van der Waals surface area contributed by atoms with Gasteiger partial charge in [0.2, 0.25) is 0 Å². The summed E-state index contributed by atoms with van der Waals surface area (Å²) in [6, 6.07) is 6.55. The Kier molecular flexibility index (Phi) is 6.20. The van der Waals surface area contributed by atoms with Gasteiger partial charge in [-0.3, -0.25) is 0 Å². The van der Waals surface area contributed by atoms with Crippen molar-refractivity contribution in [3.63, 3.8) is 0 Å². The van der Waals surface area contributed by atoms with E-state index in [1.54, 1.807) is 0 Å².